The second-order valence-corrected chi connectivity index (χ2v) is 7.82. The van der Waals surface area contributed by atoms with Crippen LogP contribution in [0, 0.1) is 0 Å². The quantitative estimate of drug-likeness (QED) is 0.772. The van der Waals surface area contributed by atoms with Gasteiger partial charge in [0, 0.05) is 18.7 Å². The zero-order chi connectivity index (χ0) is 14.5. The fourth-order valence-corrected chi connectivity index (χ4v) is 4.71. The number of benzene rings is 1. The third kappa shape index (κ3) is 1.95. The molecule has 20 heavy (non-hydrogen) atoms. The predicted octanol–water partition coefficient (Wildman–Crippen LogP) is 0.787. The van der Waals surface area contributed by atoms with E-state index in [0.717, 1.165) is 5.56 Å². The van der Waals surface area contributed by atoms with Gasteiger partial charge < -0.3 is 4.90 Å². The minimum atomic E-state index is -3.21. The van der Waals surface area contributed by atoms with E-state index >= 15 is 0 Å². The van der Waals surface area contributed by atoms with Crippen molar-refractivity contribution in [1.29, 1.82) is 0 Å². The highest BCUT2D eigenvalue weighted by Crippen LogP contribution is 2.36. The SMILES string of the molecule is CC(=O)c1cccc(CN2CC3CC(C2=O)S3(=O)=O)c1. The van der Waals surface area contributed by atoms with Crippen molar-refractivity contribution in [3.8, 4) is 0 Å². The van der Waals surface area contributed by atoms with Crippen LogP contribution in [0.4, 0.5) is 0 Å². The van der Waals surface area contributed by atoms with Gasteiger partial charge in [-0.05, 0) is 25.0 Å². The lowest BCUT2D eigenvalue weighted by molar-refractivity contribution is -0.134. The van der Waals surface area contributed by atoms with Gasteiger partial charge in [-0.2, -0.15) is 0 Å². The fraction of sp³-hybridized carbons (Fsp3) is 0.429. The number of fused-ring (bicyclic) bond motifs is 2. The van der Waals surface area contributed by atoms with Gasteiger partial charge in [0.1, 0.15) is 5.25 Å². The van der Waals surface area contributed by atoms with Crippen LogP contribution in [0.25, 0.3) is 0 Å². The smallest absolute Gasteiger partial charge is 0.241 e. The van der Waals surface area contributed by atoms with Crippen LogP contribution in [0.15, 0.2) is 24.3 Å². The maximum Gasteiger partial charge on any atom is 0.241 e. The molecule has 4 rings (SSSR count). The summed E-state index contributed by atoms with van der Waals surface area (Å²) in [6.07, 6.45) is 0.463. The average molecular weight is 293 g/mol. The topological polar surface area (TPSA) is 71.5 Å². The molecule has 0 radical (unpaired) electrons. The van der Waals surface area contributed by atoms with Crippen molar-refractivity contribution in [3.63, 3.8) is 0 Å². The predicted molar refractivity (Wildman–Crippen MR) is 73.0 cm³/mol. The van der Waals surface area contributed by atoms with E-state index in [1.807, 2.05) is 6.07 Å². The zero-order valence-corrected chi connectivity index (χ0v) is 11.9. The van der Waals surface area contributed by atoms with Gasteiger partial charge in [0.05, 0.1) is 5.25 Å². The number of nitrogens with zero attached hydrogens (tertiary/aromatic N) is 1. The molecule has 3 heterocycles. The lowest BCUT2D eigenvalue weighted by Gasteiger charge is -2.45. The van der Waals surface area contributed by atoms with Gasteiger partial charge in [0.15, 0.2) is 15.6 Å². The van der Waals surface area contributed by atoms with E-state index in [1.165, 1.54) is 6.92 Å². The van der Waals surface area contributed by atoms with E-state index in [9.17, 15) is 18.0 Å². The van der Waals surface area contributed by atoms with Crippen LogP contribution in [-0.4, -0.2) is 42.1 Å². The molecule has 0 spiro atoms. The molecule has 0 aromatic heterocycles. The molecule has 0 aliphatic carbocycles. The van der Waals surface area contributed by atoms with Crippen LogP contribution in [-0.2, 0) is 21.2 Å². The second-order valence-electron chi connectivity index (χ2n) is 5.41. The Balaban J connectivity index is 1.78. The van der Waals surface area contributed by atoms with E-state index in [-0.39, 0.29) is 18.2 Å². The van der Waals surface area contributed by atoms with Crippen LogP contribution >= 0.6 is 0 Å². The van der Waals surface area contributed by atoms with Crippen LogP contribution in [0.3, 0.4) is 0 Å². The van der Waals surface area contributed by atoms with Gasteiger partial charge in [0.25, 0.3) is 0 Å². The summed E-state index contributed by atoms with van der Waals surface area (Å²) in [5, 5.41) is -1.24. The lowest BCUT2D eigenvalue weighted by Crippen LogP contribution is -2.64. The number of Topliss-reactive ketones (excluding diaryl/α,β-unsaturated/α-hetero) is 1. The maximum absolute atomic E-state index is 12.1. The van der Waals surface area contributed by atoms with Crippen molar-refractivity contribution in [2.24, 2.45) is 0 Å². The highest BCUT2D eigenvalue weighted by Gasteiger charge is 2.56. The Labute approximate surface area is 117 Å². The standard InChI is InChI=1S/C14H15NO4S/c1-9(16)11-4-2-3-10(5-11)7-15-8-12-6-13(14(15)17)20(12,18)19/h2-5,12-13H,6-8H2,1H3. The van der Waals surface area contributed by atoms with E-state index in [2.05, 4.69) is 0 Å². The molecule has 2 atom stereocenters. The van der Waals surface area contributed by atoms with Gasteiger partial charge in [-0.1, -0.05) is 18.2 Å². The summed E-state index contributed by atoms with van der Waals surface area (Å²) in [4.78, 5) is 25.0. The molecule has 1 aromatic carbocycles. The minimum Gasteiger partial charge on any atom is -0.336 e. The summed E-state index contributed by atoms with van der Waals surface area (Å²) in [5.41, 5.74) is 1.45. The highest BCUT2D eigenvalue weighted by atomic mass is 32.2. The van der Waals surface area contributed by atoms with Crippen LogP contribution in [0.5, 0.6) is 0 Å². The van der Waals surface area contributed by atoms with E-state index in [0.29, 0.717) is 18.5 Å². The highest BCUT2D eigenvalue weighted by molar-refractivity contribution is 7.95. The van der Waals surface area contributed by atoms with Crippen LogP contribution in [0.2, 0.25) is 0 Å². The van der Waals surface area contributed by atoms with Crippen molar-refractivity contribution in [2.45, 2.75) is 30.4 Å². The van der Waals surface area contributed by atoms with Gasteiger partial charge in [-0.3, -0.25) is 9.59 Å². The Morgan fingerprint density at radius 1 is 1.40 bits per heavy atom. The number of carbonyl (C=O) groups excluding carboxylic acids is 2. The summed E-state index contributed by atoms with van der Waals surface area (Å²) < 4.78 is 23.4. The van der Waals surface area contributed by atoms with Crippen LogP contribution in [0.1, 0.15) is 29.3 Å². The maximum atomic E-state index is 12.1. The van der Waals surface area contributed by atoms with E-state index in [4.69, 9.17) is 0 Å². The monoisotopic (exact) mass is 293 g/mol. The van der Waals surface area contributed by atoms with Gasteiger partial charge in [0.2, 0.25) is 5.91 Å². The molecule has 3 aliphatic heterocycles. The number of amides is 1. The molecule has 2 unspecified atom stereocenters. The van der Waals surface area contributed by atoms with E-state index < -0.39 is 20.3 Å². The van der Waals surface area contributed by atoms with Crippen molar-refractivity contribution < 1.29 is 18.0 Å². The first kappa shape index (κ1) is 13.3. The number of hydrogen-bond donors (Lipinski definition) is 0. The summed E-state index contributed by atoms with van der Waals surface area (Å²) >= 11 is 0. The third-order valence-corrected chi connectivity index (χ3v) is 6.51. The molecule has 106 valence electrons. The fourth-order valence-electron chi connectivity index (χ4n) is 2.83. The van der Waals surface area contributed by atoms with Crippen molar-refractivity contribution in [3.05, 3.63) is 35.4 Å². The zero-order valence-electron chi connectivity index (χ0n) is 11.1. The molecule has 3 aliphatic rings. The summed E-state index contributed by atoms with van der Waals surface area (Å²) in [5.74, 6) is -0.331. The molecular weight excluding hydrogens is 278 g/mol. The Bertz CT molecular complexity index is 695. The number of ketones is 1. The molecule has 2 bridgehead atoms. The lowest BCUT2D eigenvalue weighted by atomic mass is 10.0. The van der Waals surface area contributed by atoms with E-state index in [1.54, 1.807) is 23.1 Å². The number of piperidine rings is 1. The average Bonchev–Trinajstić information content (AvgIpc) is 2.40. The summed E-state index contributed by atoms with van der Waals surface area (Å²) in [6.45, 7) is 2.12. The van der Waals surface area contributed by atoms with Gasteiger partial charge in [-0.25, -0.2) is 8.42 Å². The first-order valence-corrected chi connectivity index (χ1v) is 8.12. The number of hydrogen-bond acceptors (Lipinski definition) is 4. The van der Waals surface area contributed by atoms with Crippen molar-refractivity contribution in [2.75, 3.05) is 6.54 Å². The first-order valence-electron chi connectivity index (χ1n) is 6.51. The van der Waals surface area contributed by atoms with Crippen molar-refractivity contribution in [1.82, 2.24) is 4.90 Å². The Kier molecular flexibility index (Phi) is 2.93. The molecule has 3 fully saturated rings. The Morgan fingerprint density at radius 3 is 2.75 bits per heavy atom. The molecule has 0 N–H and O–H groups in total. The second kappa shape index (κ2) is 4.41. The number of carbonyl (C=O) groups is 2. The van der Waals surface area contributed by atoms with Gasteiger partial charge in [-0.15, -0.1) is 0 Å². The molecular formula is C14H15NO4S. The van der Waals surface area contributed by atoms with Gasteiger partial charge >= 0.3 is 0 Å². The number of sulfone groups is 1. The van der Waals surface area contributed by atoms with Crippen molar-refractivity contribution >= 4 is 21.5 Å². The first-order chi connectivity index (χ1) is 9.39. The molecule has 0 saturated carbocycles. The normalized spacial score (nSPS) is 27.1. The Hall–Kier alpha value is -1.69. The Morgan fingerprint density at radius 2 is 2.15 bits per heavy atom. The number of rotatable bonds is 3. The molecule has 1 amide bonds. The largest absolute Gasteiger partial charge is 0.336 e. The molecule has 1 aromatic rings. The molecule has 3 saturated heterocycles. The molecule has 5 nitrogen and oxygen atoms in total. The summed E-state index contributed by atoms with van der Waals surface area (Å²) in [7, 11) is -3.21. The summed E-state index contributed by atoms with van der Waals surface area (Å²) in [6, 6.07) is 7.10. The minimum absolute atomic E-state index is 0.0257. The molecule has 6 heteroatoms. The van der Waals surface area contributed by atoms with Crippen LogP contribution < -0.4 is 0 Å². The third-order valence-electron chi connectivity index (χ3n) is 4.06.